The van der Waals surface area contributed by atoms with Gasteiger partial charge in [0.1, 0.15) is 6.04 Å². The number of hydrogen-bond acceptors (Lipinski definition) is 2. The maximum Gasteiger partial charge on any atom is 0.275 e. The largest absolute Gasteiger partial charge is 0.342 e. The molecule has 0 aromatic heterocycles. The zero-order valence-corrected chi connectivity index (χ0v) is 19.8. The molecule has 2 amide bonds. The Morgan fingerprint density at radius 1 is 0.903 bits per heavy atom. The van der Waals surface area contributed by atoms with Crippen molar-refractivity contribution in [3.63, 3.8) is 0 Å². The van der Waals surface area contributed by atoms with Crippen LogP contribution in [0.1, 0.15) is 68.3 Å². The summed E-state index contributed by atoms with van der Waals surface area (Å²) < 4.78 is 0. The normalized spacial score (nSPS) is 13.0. The summed E-state index contributed by atoms with van der Waals surface area (Å²) in [4.78, 5) is 24.6. The maximum atomic E-state index is 12.4. The molecule has 0 aliphatic heterocycles. The molecule has 2 aromatic carbocycles. The Kier molecular flexibility index (Phi) is 9.25. The molecule has 2 atom stereocenters. The first-order valence-corrected chi connectivity index (χ1v) is 11.3. The van der Waals surface area contributed by atoms with Crippen LogP contribution in [0.15, 0.2) is 42.5 Å². The van der Waals surface area contributed by atoms with Crippen molar-refractivity contribution < 1.29 is 14.9 Å². The van der Waals surface area contributed by atoms with E-state index in [1.54, 1.807) is 0 Å². The van der Waals surface area contributed by atoms with Gasteiger partial charge in [0.15, 0.2) is 6.54 Å². The van der Waals surface area contributed by atoms with Crippen LogP contribution in [0.2, 0.25) is 0 Å². The van der Waals surface area contributed by atoms with Crippen LogP contribution in [0.5, 0.6) is 0 Å². The molecule has 5 nitrogen and oxygen atoms in total. The lowest BCUT2D eigenvalue weighted by atomic mass is 9.92. The van der Waals surface area contributed by atoms with Gasteiger partial charge in [-0.2, -0.15) is 0 Å². The van der Waals surface area contributed by atoms with E-state index in [-0.39, 0.29) is 30.9 Å². The number of carbonyl (C=O) groups is 2. The molecular formula is C26H38N3O2+. The summed E-state index contributed by atoms with van der Waals surface area (Å²) in [6, 6.07) is 14.8. The summed E-state index contributed by atoms with van der Waals surface area (Å²) in [5.74, 6) is 0.579. The number of rotatable bonds is 10. The van der Waals surface area contributed by atoms with Crippen molar-refractivity contribution in [1.82, 2.24) is 5.32 Å². The Bertz CT molecular complexity index is 854. The summed E-state index contributed by atoms with van der Waals surface area (Å²) in [6.07, 6.45) is 1.12. The van der Waals surface area contributed by atoms with Crippen molar-refractivity contribution in [3.8, 4) is 0 Å². The van der Waals surface area contributed by atoms with Crippen LogP contribution >= 0.6 is 0 Å². The van der Waals surface area contributed by atoms with E-state index in [9.17, 15) is 9.59 Å². The number of amides is 2. The predicted octanol–water partition coefficient (Wildman–Crippen LogP) is 3.83. The van der Waals surface area contributed by atoms with E-state index in [0.29, 0.717) is 11.8 Å². The van der Waals surface area contributed by atoms with Crippen LogP contribution < -0.4 is 16.0 Å². The molecule has 0 fully saturated rings. The van der Waals surface area contributed by atoms with E-state index >= 15 is 0 Å². The predicted molar refractivity (Wildman–Crippen MR) is 127 cm³/mol. The van der Waals surface area contributed by atoms with Crippen LogP contribution in [-0.4, -0.2) is 24.9 Å². The molecule has 31 heavy (non-hydrogen) atoms. The third kappa shape index (κ3) is 7.21. The highest BCUT2D eigenvalue weighted by Crippen LogP contribution is 2.23. The second-order valence-corrected chi connectivity index (χ2v) is 8.78. The number of carbonyl (C=O) groups excluding carboxylic acids is 2. The van der Waals surface area contributed by atoms with Gasteiger partial charge in [-0.15, -0.1) is 0 Å². The van der Waals surface area contributed by atoms with Crippen LogP contribution in [0.3, 0.4) is 0 Å². The molecule has 0 radical (unpaired) electrons. The van der Waals surface area contributed by atoms with Crippen molar-refractivity contribution in [1.29, 1.82) is 0 Å². The van der Waals surface area contributed by atoms with Gasteiger partial charge >= 0.3 is 0 Å². The molecular weight excluding hydrogens is 386 g/mol. The maximum absolute atomic E-state index is 12.4. The highest BCUT2D eigenvalue weighted by Gasteiger charge is 2.21. The summed E-state index contributed by atoms with van der Waals surface area (Å²) in [5.41, 5.74) is 5.40. The lowest BCUT2D eigenvalue weighted by molar-refractivity contribution is -0.692. The second kappa shape index (κ2) is 11.7. The van der Waals surface area contributed by atoms with Crippen LogP contribution in [0, 0.1) is 19.8 Å². The fourth-order valence-electron chi connectivity index (χ4n) is 3.76. The van der Waals surface area contributed by atoms with Crippen molar-refractivity contribution in [2.24, 2.45) is 5.92 Å². The Balaban J connectivity index is 1.87. The molecule has 0 unspecified atom stereocenters. The summed E-state index contributed by atoms with van der Waals surface area (Å²) >= 11 is 0. The van der Waals surface area contributed by atoms with Gasteiger partial charge in [-0.3, -0.25) is 9.59 Å². The van der Waals surface area contributed by atoms with Gasteiger partial charge in [0.2, 0.25) is 5.91 Å². The third-order valence-corrected chi connectivity index (χ3v) is 5.97. The molecule has 2 rings (SSSR count). The fourth-order valence-corrected chi connectivity index (χ4v) is 3.76. The minimum absolute atomic E-state index is 0.0314. The Labute approximate surface area is 187 Å². The minimum Gasteiger partial charge on any atom is -0.342 e. The summed E-state index contributed by atoms with van der Waals surface area (Å²) in [7, 11) is 0. The van der Waals surface area contributed by atoms with E-state index < -0.39 is 0 Å². The molecule has 2 aromatic rings. The number of benzene rings is 2. The van der Waals surface area contributed by atoms with Gasteiger partial charge < -0.3 is 16.0 Å². The van der Waals surface area contributed by atoms with E-state index in [0.717, 1.165) is 23.2 Å². The molecule has 0 aliphatic carbocycles. The van der Waals surface area contributed by atoms with E-state index in [4.69, 9.17) is 0 Å². The molecule has 0 saturated carbocycles. The first-order valence-electron chi connectivity index (χ1n) is 11.3. The van der Waals surface area contributed by atoms with Gasteiger partial charge in [-0.25, -0.2) is 0 Å². The van der Waals surface area contributed by atoms with Gasteiger partial charge in [0, 0.05) is 17.2 Å². The zero-order valence-electron chi connectivity index (χ0n) is 19.8. The molecule has 168 valence electrons. The lowest BCUT2D eigenvalue weighted by Crippen LogP contribution is -2.88. The SMILES string of the molecule is CC[C@H](C)c1ccc([C@@H]([NH2+]CC(=O)NCC(=O)Nc2c(C)cccc2C)C(C)C)cc1. The molecule has 5 heteroatoms. The molecule has 4 N–H and O–H groups in total. The smallest absolute Gasteiger partial charge is 0.275 e. The third-order valence-electron chi connectivity index (χ3n) is 5.97. The van der Waals surface area contributed by atoms with Crippen molar-refractivity contribution >= 4 is 17.5 Å². The average Bonchev–Trinajstić information content (AvgIpc) is 2.74. The van der Waals surface area contributed by atoms with Gasteiger partial charge in [-0.1, -0.05) is 70.2 Å². The first kappa shape index (κ1) is 24.6. The van der Waals surface area contributed by atoms with Gasteiger partial charge in [0.25, 0.3) is 5.91 Å². The van der Waals surface area contributed by atoms with E-state index in [2.05, 4.69) is 67.9 Å². The van der Waals surface area contributed by atoms with E-state index in [1.165, 1.54) is 11.1 Å². The summed E-state index contributed by atoms with van der Waals surface area (Å²) in [5, 5.41) is 7.69. The van der Waals surface area contributed by atoms with Crippen LogP contribution in [-0.2, 0) is 9.59 Å². The van der Waals surface area contributed by atoms with Gasteiger partial charge in [0.05, 0.1) is 6.54 Å². The molecule has 0 heterocycles. The van der Waals surface area contributed by atoms with Crippen molar-refractivity contribution in [2.45, 2.75) is 59.9 Å². The number of aryl methyl sites for hydroxylation is 2. The standard InChI is InChI=1S/C26H37N3O2/c1-7-18(4)21-11-13-22(14-12-21)25(17(2)3)28-15-23(30)27-16-24(31)29-26-19(5)9-8-10-20(26)6/h8-14,17-18,25,28H,7,15-16H2,1-6H3,(H,27,30)(H,29,31)/p+1/t18-,25-/m0/s1. The molecule has 0 saturated heterocycles. The zero-order chi connectivity index (χ0) is 23.0. The number of quaternary nitrogens is 1. The quantitative estimate of drug-likeness (QED) is 0.542. The second-order valence-electron chi connectivity index (χ2n) is 8.78. The highest BCUT2D eigenvalue weighted by molar-refractivity contribution is 5.95. The van der Waals surface area contributed by atoms with Crippen molar-refractivity contribution in [2.75, 3.05) is 18.4 Å². The number of nitrogens with one attached hydrogen (secondary N) is 2. The Morgan fingerprint density at radius 3 is 2.03 bits per heavy atom. The van der Waals surface area contributed by atoms with E-state index in [1.807, 2.05) is 32.0 Å². The average molecular weight is 425 g/mol. The molecule has 0 spiro atoms. The van der Waals surface area contributed by atoms with Crippen LogP contribution in [0.4, 0.5) is 5.69 Å². The number of anilines is 1. The Hall–Kier alpha value is -2.66. The van der Waals surface area contributed by atoms with Gasteiger partial charge in [-0.05, 0) is 42.9 Å². The number of hydrogen-bond donors (Lipinski definition) is 3. The molecule has 0 bridgehead atoms. The number of para-hydroxylation sites is 1. The van der Waals surface area contributed by atoms with Crippen molar-refractivity contribution in [3.05, 3.63) is 64.7 Å². The summed E-state index contributed by atoms with van der Waals surface area (Å²) in [6.45, 7) is 12.9. The minimum atomic E-state index is -0.216. The van der Waals surface area contributed by atoms with Crippen LogP contribution in [0.25, 0.3) is 0 Å². The molecule has 0 aliphatic rings. The fraction of sp³-hybridized carbons (Fsp3) is 0.462. The first-order chi connectivity index (χ1) is 14.7. The highest BCUT2D eigenvalue weighted by atomic mass is 16.2. The number of nitrogens with two attached hydrogens (primary N) is 1. The monoisotopic (exact) mass is 424 g/mol. The lowest BCUT2D eigenvalue weighted by Gasteiger charge is -2.20. The topological polar surface area (TPSA) is 74.8 Å². The Morgan fingerprint density at radius 2 is 1.48 bits per heavy atom.